The number of pyridine rings is 1. The van der Waals surface area contributed by atoms with Gasteiger partial charge in [0.25, 0.3) is 0 Å². The maximum atomic E-state index is 10.4. The average Bonchev–Trinajstić information content (AvgIpc) is 3.20. The first-order chi connectivity index (χ1) is 14.1. The summed E-state index contributed by atoms with van der Waals surface area (Å²) < 4.78 is 11.6. The van der Waals surface area contributed by atoms with Gasteiger partial charge in [-0.05, 0) is 42.5 Å². The zero-order valence-electron chi connectivity index (χ0n) is 15.6. The number of aromatic hydroxyl groups is 1. The van der Waals surface area contributed by atoms with Gasteiger partial charge in [0.05, 0.1) is 18.9 Å². The molecule has 5 rings (SSSR count). The molecule has 0 unspecified atom stereocenters. The van der Waals surface area contributed by atoms with Crippen LogP contribution in [0.15, 0.2) is 66.0 Å². The lowest BCUT2D eigenvalue weighted by atomic mass is 9.95. The van der Waals surface area contributed by atoms with Gasteiger partial charge in [0.1, 0.15) is 17.2 Å². The van der Waals surface area contributed by atoms with E-state index >= 15 is 0 Å². The van der Waals surface area contributed by atoms with Gasteiger partial charge in [0.2, 0.25) is 6.23 Å². The van der Waals surface area contributed by atoms with E-state index in [9.17, 15) is 5.11 Å². The fourth-order valence-electron chi connectivity index (χ4n) is 3.84. The van der Waals surface area contributed by atoms with Crippen LogP contribution in [0.5, 0.6) is 17.2 Å². The van der Waals surface area contributed by atoms with Crippen LogP contribution < -0.4 is 9.47 Å². The van der Waals surface area contributed by atoms with Crippen LogP contribution in [0.25, 0.3) is 0 Å². The summed E-state index contributed by atoms with van der Waals surface area (Å²) in [5.74, 6) is 1.60. The number of aromatic nitrogens is 1. The molecule has 0 spiro atoms. The number of rotatable bonds is 3. The van der Waals surface area contributed by atoms with Crippen molar-refractivity contribution in [3.8, 4) is 17.2 Å². The van der Waals surface area contributed by atoms with Crippen LogP contribution in [0.3, 0.4) is 0 Å². The molecule has 0 saturated carbocycles. The SMILES string of the molecule is COc1ccc(O)c(C2=NN3[C@H](C2)c2cc(Cl)ccc2O[C@H]3c2cccnc2)c1. The van der Waals surface area contributed by atoms with Crippen molar-refractivity contribution in [3.63, 3.8) is 0 Å². The lowest BCUT2D eigenvalue weighted by Gasteiger charge is -2.38. The van der Waals surface area contributed by atoms with Crippen molar-refractivity contribution >= 4 is 17.3 Å². The van der Waals surface area contributed by atoms with Crippen molar-refractivity contribution < 1.29 is 14.6 Å². The molecule has 146 valence electrons. The maximum absolute atomic E-state index is 10.4. The van der Waals surface area contributed by atoms with Gasteiger partial charge in [0, 0.05) is 40.5 Å². The molecule has 2 atom stereocenters. The van der Waals surface area contributed by atoms with Gasteiger partial charge < -0.3 is 14.6 Å². The molecule has 1 aromatic heterocycles. The van der Waals surface area contributed by atoms with Crippen LogP contribution in [-0.4, -0.2) is 27.9 Å². The Kier molecular flexibility index (Phi) is 4.28. The first kappa shape index (κ1) is 17.8. The van der Waals surface area contributed by atoms with Crippen molar-refractivity contribution in [3.05, 3.63) is 82.6 Å². The van der Waals surface area contributed by atoms with Crippen molar-refractivity contribution in [2.24, 2.45) is 5.10 Å². The smallest absolute Gasteiger partial charge is 0.215 e. The number of benzene rings is 2. The third-order valence-corrected chi connectivity index (χ3v) is 5.47. The third-order valence-electron chi connectivity index (χ3n) is 5.24. The zero-order chi connectivity index (χ0) is 20.0. The van der Waals surface area contributed by atoms with E-state index in [4.69, 9.17) is 26.2 Å². The second-order valence-corrected chi connectivity index (χ2v) is 7.40. The Bertz CT molecular complexity index is 1100. The van der Waals surface area contributed by atoms with E-state index in [0.717, 1.165) is 22.6 Å². The standard InChI is InChI=1S/C22H18ClN3O3/c1-28-15-5-6-20(27)16(10-15)18-11-19-17-9-14(23)4-7-21(17)29-22(26(19)25-18)13-3-2-8-24-12-13/h2-10,12,19,22,27H,11H2,1H3/t19-,22+/m1/s1. The first-order valence-electron chi connectivity index (χ1n) is 9.23. The molecule has 7 heteroatoms. The molecule has 3 aromatic rings. The summed E-state index contributed by atoms with van der Waals surface area (Å²) in [7, 11) is 1.60. The number of hydrogen-bond donors (Lipinski definition) is 1. The lowest BCUT2D eigenvalue weighted by Crippen LogP contribution is -2.33. The minimum atomic E-state index is -0.423. The van der Waals surface area contributed by atoms with E-state index in [2.05, 4.69) is 4.98 Å². The number of methoxy groups -OCH3 is 1. The third kappa shape index (κ3) is 3.06. The minimum absolute atomic E-state index is 0.0664. The van der Waals surface area contributed by atoms with Crippen LogP contribution >= 0.6 is 11.6 Å². The molecule has 2 aliphatic rings. The number of phenolic OH excluding ortho intramolecular Hbond substituents is 1. The largest absolute Gasteiger partial charge is 0.507 e. The normalized spacial score (nSPS) is 19.8. The fraction of sp³-hybridized carbons (Fsp3) is 0.182. The minimum Gasteiger partial charge on any atom is -0.507 e. The van der Waals surface area contributed by atoms with E-state index in [1.165, 1.54) is 0 Å². The summed E-state index contributed by atoms with van der Waals surface area (Å²) in [5.41, 5.74) is 3.28. The zero-order valence-corrected chi connectivity index (χ0v) is 16.4. The topological polar surface area (TPSA) is 67.2 Å². The molecule has 0 saturated heterocycles. The molecule has 0 fully saturated rings. The summed E-state index contributed by atoms with van der Waals surface area (Å²) in [5, 5.41) is 17.8. The first-order valence-corrected chi connectivity index (χ1v) is 9.61. The fourth-order valence-corrected chi connectivity index (χ4v) is 4.02. The van der Waals surface area contributed by atoms with Crippen LogP contribution in [-0.2, 0) is 0 Å². The summed E-state index contributed by atoms with van der Waals surface area (Å²) in [6, 6.07) is 14.5. The molecule has 6 nitrogen and oxygen atoms in total. The second kappa shape index (κ2) is 6.97. The highest BCUT2D eigenvalue weighted by atomic mass is 35.5. The molecular weight excluding hydrogens is 390 g/mol. The highest BCUT2D eigenvalue weighted by Gasteiger charge is 2.41. The van der Waals surface area contributed by atoms with E-state index in [1.807, 2.05) is 35.3 Å². The Balaban J connectivity index is 1.62. The Hall–Kier alpha value is -3.25. The molecule has 0 amide bonds. The van der Waals surface area contributed by atoms with Crippen molar-refractivity contribution in [2.75, 3.05) is 7.11 Å². The lowest BCUT2D eigenvalue weighted by molar-refractivity contribution is -0.0192. The van der Waals surface area contributed by atoms with Crippen LogP contribution in [0, 0.1) is 0 Å². The van der Waals surface area contributed by atoms with Gasteiger partial charge in [-0.3, -0.25) is 4.98 Å². The van der Waals surface area contributed by atoms with Crippen LogP contribution in [0.1, 0.15) is 35.4 Å². The second-order valence-electron chi connectivity index (χ2n) is 6.97. The Morgan fingerprint density at radius 1 is 1.21 bits per heavy atom. The predicted octanol–water partition coefficient (Wildman–Crippen LogP) is 4.69. The highest BCUT2D eigenvalue weighted by Crippen LogP contribution is 2.48. The molecule has 2 aromatic carbocycles. The predicted molar refractivity (Wildman–Crippen MR) is 109 cm³/mol. The number of ether oxygens (including phenoxy) is 2. The number of hydrazone groups is 1. The number of phenols is 1. The van der Waals surface area contributed by atoms with Crippen molar-refractivity contribution in [1.82, 2.24) is 9.99 Å². The number of hydrogen-bond acceptors (Lipinski definition) is 6. The molecule has 1 N–H and O–H groups in total. The summed E-state index contributed by atoms with van der Waals surface area (Å²) in [4.78, 5) is 4.23. The van der Waals surface area contributed by atoms with Gasteiger partial charge >= 0.3 is 0 Å². The molecule has 29 heavy (non-hydrogen) atoms. The Labute approximate surface area is 173 Å². The molecule has 3 heterocycles. The van der Waals surface area contributed by atoms with Gasteiger partial charge in [-0.1, -0.05) is 17.7 Å². The molecule has 0 radical (unpaired) electrons. The van der Waals surface area contributed by atoms with E-state index < -0.39 is 6.23 Å². The van der Waals surface area contributed by atoms with E-state index in [1.54, 1.807) is 37.7 Å². The molecule has 0 aliphatic carbocycles. The summed E-state index contributed by atoms with van der Waals surface area (Å²) in [6.07, 6.45) is 3.69. The molecule has 2 aliphatic heterocycles. The highest BCUT2D eigenvalue weighted by molar-refractivity contribution is 6.30. The van der Waals surface area contributed by atoms with Crippen molar-refractivity contribution in [1.29, 1.82) is 0 Å². The number of nitrogens with zero attached hydrogens (tertiary/aromatic N) is 3. The maximum Gasteiger partial charge on any atom is 0.215 e. The monoisotopic (exact) mass is 407 g/mol. The summed E-state index contributed by atoms with van der Waals surface area (Å²) >= 11 is 6.26. The van der Waals surface area contributed by atoms with Gasteiger partial charge in [-0.25, -0.2) is 5.01 Å². The Morgan fingerprint density at radius 2 is 2.10 bits per heavy atom. The van der Waals surface area contributed by atoms with E-state index in [-0.39, 0.29) is 11.8 Å². The number of fused-ring (bicyclic) bond motifs is 3. The summed E-state index contributed by atoms with van der Waals surface area (Å²) in [6.45, 7) is 0. The molecular formula is C22H18ClN3O3. The van der Waals surface area contributed by atoms with Gasteiger partial charge in [0.15, 0.2) is 0 Å². The Morgan fingerprint density at radius 3 is 2.90 bits per heavy atom. The number of halogens is 1. The van der Waals surface area contributed by atoms with Gasteiger partial charge in [-0.2, -0.15) is 5.10 Å². The molecule has 0 bridgehead atoms. The average molecular weight is 408 g/mol. The van der Waals surface area contributed by atoms with Crippen LogP contribution in [0.2, 0.25) is 5.02 Å². The quantitative estimate of drug-likeness (QED) is 0.682. The van der Waals surface area contributed by atoms with Crippen molar-refractivity contribution in [2.45, 2.75) is 18.7 Å². The van der Waals surface area contributed by atoms with Crippen LogP contribution in [0.4, 0.5) is 0 Å². The van der Waals surface area contributed by atoms with E-state index in [0.29, 0.717) is 22.8 Å². The van der Waals surface area contributed by atoms with Gasteiger partial charge in [-0.15, -0.1) is 0 Å².